The summed E-state index contributed by atoms with van der Waals surface area (Å²) in [6, 6.07) is 0. The van der Waals surface area contributed by atoms with Gasteiger partial charge in [-0.15, -0.1) is 0 Å². The standard InChI is InChI=1S/C12H19NO4/c1-8(9(2)11(15)16)10(14)13-5-6-17-7-12(13,3)4/h5-7H2,1-4H3,(H,15,16)/b9-8-. The number of morpholine rings is 1. The molecule has 0 bridgehead atoms. The van der Waals surface area contributed by atoms with E-state index in [9.17, 15) is 9.59 Å². The lowest BCUT2D eigenvalue weighted by Crippen LogP contribution is -2.55. The predicted molar refractivity (Wildman–Crippen MR) is 62.6 cm³/mol. The van der Waals surface area contributed by atoms with Crippen molar-refractivity contribution in [2.24, 2.45) is 0 Å². The van der Waals surface area contributed by atoms with Crippen LogP contribution in [0, 0.1) is 0 Å². The van der Waals surface area contributed by atoms with Gasteiger partial charge in [-0.3, -0.25) is 4.79 Å². The Balaban J connectivity index is 2.97. The first-order chi connectivity index (χ1) is 7.77. The maximum absolute atomic E-state index is 12.2. The third-order valence-electron chi connectivity index (χ3n) is 3.09. The van der Waals surface area contributed by atoms with Gasteiger partial charge in [0.05, 0.1) is 18.8 Å². The van der Waals surface area contributed by atoms with Crippen LogP contribution in [-0.2, 0) is 14.3 Å². The topological polar surface area (TPSA) is 66.8 Å². The van der Waals surface area contributed by atoms with Crippen molar-refractivity contribution in [2.45, 2.75) is 33.2 Å². The maximum atomic E-state index is 12.2. The average Bonchev–Trinajstić information content (AvgIpc) is 2.25. The summed E-state index contributed by atoms with van der Waals surface area (Å²) < 4.78 is 5.33. The van der Waals surface area contributed by atoms with Crippen molar-refractivity contribution >= 4 is 11.9 Å². The predicted octanol–water partition coefficient (Wildman–Crippen LogP) is 1.04. The van der Waals surface area contributed by atoms with Crippen LogP contribution in [0.5, 0.6) is 0 Å². The van der Waals surface area contributed by atoms with Crippen LogP contribution in [0.4, 0.5) is 0 Å². The Bertz CT molecular complexity index is 371. The van der Waals surface area contributed by atoms with E-state index in [4.69, 9.17) is 9.84 Å². The van der Waals surface area contributed by atoms with Crippen LogP contribution < -0.4 is 0 Å². The first-order valence-electron chi connectivity index (χ1n) is 5.58. The van der Waals surface area contributed by atoms with Crippen molar-refractivity contribution in [2.75, 3.05) is 19.8 Å². The summed E-state index contributed by atoms with van der Waals surface area (Å²) in [6.07, 6.45) is 0. The van der Waals surface area contributed by atoms with E-state index in [2.05, 4.69) is 0 Å². The third-order valence-corrected chi connectivity index (χ3v) is 3.09. The number of amides is 1. The fourth-order valence-electron chi connectivity index (χ4n) is 1.76. The molecule has 1 aliphatic heterocycles. The third kappa shape index (κ3) is 2.85. The SMILES string of the molecule is C/C(C(=O)O)=C(\C)C(=O)N1CCOCC1(C)C. The molecule has 0 unspecified atom stereocenters. The van der Waals surface area contributed by atoms with E-state index in [0.29, 0.717) is 19.8 Å². The molecule has 0 aliphatic carbocycles. The van der Waals surface area contributed by atoms with Crippen LogP contribution in [0.1, 0.15) is 27.7 Å². The van der Waals surface area contributed by atoms with Gasteiger partial charge in [0.15, 0.2) is 0 Å². The van der Waals surface area contributed by atoms with E-state index in [1.54, 1.807) is 11.8 Å². The lowest BCUT2D eigenvalue weighted by molar-refractivity contribution is -0.142. The molecule has 1 rings (SSSR count). The summed E-state index contributed by atoms with van der Waals surface area (Å²) in [5, 5.41) is 8.88. The molecule has 1 saturated heterocycles. The van der Waals surface area contributed by atoms with E-state index in [1.807, 2.05) is 13.8 Å². The Hall–Kier alpha value is -1.36. The van der Waals surface area contributed by atoms with Crippen LogP contribution in [0.3, 0.4) is 0 Å². The number of carboxylic acids is 1. The minimum absolute atomic E-state index is 0.0947. The summed E-state index contributed by atoms with van der Waals surface area (Å²) in [5.41, 5.74) is -0.0141. The number of carbonyl (C=O) groups is 2. The molecule has 1 heterocycles. The van der Waals surface area contributed by atoms with Crippen molar-refractivity contribution in [3.05, 3.63) is 11.1 Å². The number of carbonyl (C=O) groups excluding carboxylic acids is 1. The van der Waals surface area contributed by atoms with E-state index >= 15 is 0 Å². The van der Waals surface area contributed by atoms with Gasteiger partial charge in [-0.2, -0.15) is 0 Å². The van der Waals surface area contributed by atoms with Gasteiger partial charge in [-0.05, 0) is 27.7 Å². The molecule has 0 atom stereocenters. The molecule has 96 valence electrons. The van der Waals surface area contributed by atoms with Crippen LogP contribution in [0.15, 0.2) is 11.1 Å². The van der Waals surface area contributed by atoms with Gasteiger partial charge in [0, 0.05) is 17.7 Å². The molecule has 0 aromatic carbocycles. The summed E-state index contributed by atoms with van der Waals surface area (Å²) in [6.45, 7) is 8.28. The number of hydrogen-bond acceptors (Lipinski definition) is 3. The van der Waals surface area contributed by atoms with E-state index < -0.39 is 11.5 Å². The maximum Gasteiger partial charge on any atom is 0.331 e. The lowest BCUT2D eigenvalue weighted by Gasteiger charge is -2.42. The van der Waals surface area contributed by atoms with Crippen molar-refractivity contribution in [1.82, 2.24) is 4.90 Å². The second-order valence-corrected chi connectivity index (χ2v) is 4.88. The first-order valence-corrected chi connectivity index (χ1v) is 5.58. The smallest absolute Gasteiger partial charge is 0.331 e. The van der Waals surface area contributed by atoms with Gasteiger partial charge in [-0.1, -0.05) is 0 Å². The summed E-state index contributed by atoms with van der Waals surface area (Å²) >= 11 is 0. The zero-order valence-corrected chi connectivity index (χ0v) is 10.7. The zero-order valence-electron chi connectivity index (χ0n) is 10.7. The van der Waals surface area contributed by atoms with Crippen LogP contribution in [0.25, 0.3) is 0 Å². The normalized spacial score (nSPS) is 20.8. The second kappa shape index (κ2) is 4.87. The summed E-state index contributed by atoms with van der Waals surface area (Å²) in [7, 11) is 0. The highest BCUT2D eigenvalue weighted by Crippen LogP contribution is 2.22. The highest BCUT2D eigenvalue weighted by atomic mass is 16.5. The Morgan fingerprint density at radius 3 is 2.29 bits per heavy atom. The van der Waals surface area contributed by atoms with Crippen molar-refractivity contribution in [3.8, 4) is 0 Å². The van der Waals surface area contributed by atoms with Crippen molar-refractivity contribution in [1.29, 1.82) is 0 Å². The number of hydrogen-bond donors (Lipinski definition) is 1. The summed E-state index contributed by atoms with van der Waals surface area (Å²) in [5.74, 6) is -1.28. The molecule has 1 amide bonds. The molecule has 0 saturated carbocycles. The molecule has 17 heavy (non-hydrogen) atoms. The molecule has 0 aromatic rings. The highest BCUT2D eigenvalue weighted by molar-refractivity contribution is 6.01. The first kappa shape index (κ1) is 13.7. The van der Waals surface area contributed by atoms with Gasteiger partial charge >= 0.3 is 5.97 Å². The molecule has 5 heteroatoms. The zero-order chi connectivity index (χ0) is 13.2. The largest absolute Gasteiger partial charge is 0.478 e. The number of carboxylic acid groups (broad SMARTS) is 1. The van der Waals surface area contributed by atoms with E-state index in [1.165, 1.54) is 6.92 Å². The molecule has 0 spiro atoms. The molecule has 1 N–H and O–H groups in total. The van der Waals surface area contributed by atoms with Gasteiger partial charge in [0.2, 0.25) is 0 Å². The number of rotatable bonds is 2. The summed E-state index contributed by atoms with van der Waals surface area (Å²) in [4.78, 5) is 24.7. The minimum Gasteiger partial charge on any atom is -0.478 e. The molecule has 1 fully saturated rings. The van der Waals surface area contributed by atoms with Gasteiger partial charge < -0.3 is 14.7 Å². The quantitative estimate of drug-likeness (QED) is 0.734. The molecule has 0 radical (unpaired) electrons. The average molecular weight is 241 g/mol. The number of ether oxygens (including phenoxy) is 1. The Labute approximate surface area is 101 Å². The number of nitrogens with zero attached hydrogens (tertiary/aromatic N) is 1. The van der Waals surface area contributed by atoms with Crippen LogP contribution in [0.2, 0.25) is 0 Å². The van der Waals surface area contributed by atoms with E-state index in [-0.39, 0.29) is 17.1 Å². The Morgan fingerprint density at radius 2 is 1.82 bits per heavy atom. The fourth-order valence-corrected chi connectivity index (χ4v) is 1.76. The van der Waals surface area contributed by atoms with Gasteiger partial charge in [-0.25, -0.2) is 4.79 Å². The molecule has 1 aliphatic rings. The van der Waals surface area contributed by atoms with Crippen molar-refractivity contribution < 1.29 is 19.4 Å². The highest BCUT2D eigenvalue weighted by Gasteiger charge is 2.35. The molecular formula is C12H19NO4. The monoisotopic (exact) mass is 241 g/mol. The van der Waals surface area contributed by atoms with Gasteiger partial charge in [0.1, 0.15) is 0 Å². The lowest BCUT2D eigenvalue weighted by atomic mass is 10.00. The van der Waals surface area contributed by atoms with E-state index in [0.717, 1.165) is 0 Å². The van der Waals surface area contributed by atoms with Gasteiger partial charge in [0.25, 0.3) is 5.91 Å². The number of aliphatic carboxylic acids is 1. The molecule has 5 nitrogen and oxygen atoms in total. The van der Waals surface area contributed by atoms with Crippen LogP contribution in [-0.4, -0.2) is 47.2 Å². The Morgan fingerprint density at radius 1 is 1.24 bits per heavy atom. The van der Waals surface area contributed by atoms with Crippen molar-refractivity contribution in [3.63, 3.8) is 0 Å². The molecule has 0 aromatic heterocycles. The second-order valence-electron chi connectivity index (χ2n) is 4.88. The molecular weight excluding hydrogens is 222 g/mol. The fraction of sp³-hybridized carbons (Fsp3) is 0.667. The van der Waals surface area contributed by atoms with Crippen LogP contribution >= 0.6 is 0 Å². The Kier molecular flexibility index (Phi) is 3.93. The minimum atomic E-state index is -1.05.